The minimum atomic E-state index is -0.535. The van der Waals surface area contributed by atoms with E-state index in [1.165, 1.54) is 0 Å². The number of hydrogen-bond donors (Lipinski definition) is 1. The van der Waals surface area contributed by atoms with Crippen molar-refractivity contribution in [3.05, 3.63) is 71.8 Å². The Kier molecular flexibility index (Phi) is 6.56. The lowest BCUT2D eigenvalue weighted by molar-refractivity contribution is 0.0938. The molecule has 0 saturated heterocycles. The van der Waals surface area contributed by atoms with E-state index in [1.807, 2.05) is 60.7 Å². The van der Waals surface area contributed by atoms with Crippen LogP contribution in [0.5, 0.6) is 0 Å². The summed E-state index contributed by atoms with van der Waals surface area (Å²) in [6, 6.07) is 19.0. The van der Waals surface area contributed by atoms with Crippen molar-refractivity contribution in [1.29, 1.82) is 0 Å². The van der Waals surface area contributed by atoms with Crippen molar-refractivity contribution in [2.75, 3.05) is 0 Å². The Balaban J connectivity index is 0.00000200. The van der Waals surface area contributed by atoms with E-state index in [1.54, 1.807) is 0 Å². The summed E-state index contributed by atoms with van der Waals surface area (Å²) in [6.45, 7) is 0.552. The van der Waals surface area contributed by atoms with Crippen molar-refractivity contribution >= 4 is 18.5 Å². The zero-order valence-corrected chi connectivity index (χ0v) is 11.8. The Hall–Kier alpha value is -2.04. The zero-order chi connectivity index (χ0) is 13.5. The Morgan fingerprint density at radius 1 is 0.950 bits per heavy atom. The molecule has 20 heavy (non-hydrogen) atoms. The average molecular weight is 293 g/mol. The molecule has 0 atom stereocenters. The molecule has 106 valence electrons. The minimum Gasteiger partial charge on any atom is -0.444 e. The summed E-state index contributed by atoms with van der Waals surface area (Å²) < 4.78 is 5.12. The van der Waals surface area contributed by atoms with Gasteiger partial charge in [-0.05, 0) is 11.1 Å². The SMILES string of the molecule is Cl.NN(Cc1ccccc1)C(=O)OCc1ccccc1. The molecule has 0 heterocycles. The van der Waals surface area contributed by atoms with Crippen LogP contribution in [0, 0.1) is 0 Å². The van der Waals surface area contributed by atoms with Crippen LogP contribution in [0.2, 0.25) is 0 Å². The van der Waals surface area contributed by atoms with Gasteiger partial charge in [-0.2, -0.15) is 0 Å². The van der Waals surface area contributed by atoms with Crippen molar-refractivity contribution in [2.45, 2.75) is 13.2 Å². The number of rotatable bonds is 4. The molecule has 0 spiro atoms. The average Bonchev–Trinajstić information content (AvgIpc) is 2.47. The van der Waals surface area contributed by atoms with Gasteiger partial charge in [-0.3, -0.25) is 0 Å². The van der Waals surface area contributed by atoms with Crippen LogP contribution >= 0.6 is 12.4 Å². The molecule has 0 aliphatic carbocycles. The van der Waals surface area contributed by atoms with Gasteiger partial charge in [0.25, 0.3) is 0 Å². The van der Waals surface area contributed by atoms with Crippen LogP contribution < -0.4 is 5.84 Å². The molecule has 0 fully saturated rings. The Labute approximate surface area is 124 Å². The summed E-state index contributed by atoms with van der Waals surface area (Å²) in [5.74, 6) is 5.67. The number of amides is 1. The molecule has 0 bridgehead atoms. The number of hydrogen-bond acceptors (Lipinski definition) is 3. The summed E-state index contributed by atoms with van der Waals surface area (Å²) in [7, 11) is 0. The van der Waals surface area contributed by atoms with Gasteiger partial charge in [-0.15, -0.1) is 12.4 Å². The van der Waals surface area contributed by atoms with Crippen molar-refractivity contribution in [2.24, 2.45) is 5.84 Å². The molecule has 2 rings (SSSR count). The van der Waals surface area contributed by atoms with Gasteiger partial charge in [0, 0.05) is 0 Å². The fourth-order valence-corrected chi connectivity index (χ4v) is 1.65. The molecule has 0 aromatic heterocycles. The highest BCUT2D eigenvalue weighted by molar-refractivity contribution is 5.85. The van der Waals surface area contributed by atoms with Crippen LogP contribution in [0.3, 0.4) is 0 Å². The van der Waals surface area contributed by atoms with Gasteiger partial charge in [0.05, 0.1) is 6.54 Å². The van der Waals surface area contributed by atoms with Gasteiger partial charge < -0.3 is 4.74 Å². The smallest absolute Gasteiger partial charge is 0.424 e. The van der Waals surface area contributed by atoms with Gasteiger partial charge in [-0.25, -0.2) is 15.6 Å². The molecule has 2 aromatic carbocycles. The third kappa shape index (κ3) is 4.91. The second kappa shape index (κ2) is 8.19. The molecule has 0 aliphatic heterocycles. The Morgan fingerprint density at radius 2 is 1.45 bits per heavy atom. The number of carbonyl (C=O) groups excluding carboxylic acids is 1. The molecule has 2 aromatic rings. The van der Waals surface area contributed by atoms with Gasteiger partial charge in [-0.1, -0.05) is 60.7 Å². The predicted octanol–water partition coefficient (Wildman–Crippen LogP) is 3.12. The second-order valence-corrected chi connectivity index (χ2v) is 4.15. The van der Waals surface area contributed by atoms with Crippen LogP contribution in [0.4, 0.5) is 4.79 Å². The van der Waals surface area contributed by atoms with Crippen LogP contribution in [0.1, 0.15) is 11.1 Å². The van der Waals surface area contributed by atoms with E-state index in [-0.39, 0.29) is 19.0 Å². The summed E-state index contributed by atoms with van der Waals surface area (Å²) >= 11 is 0. The summed E-state index contributed by atoms with van der Waals surface area (Å²) in [4.78, 5) is 11.7. The zero-order valence-electron chi connectivity index (χ0n) is 10.9. The molecule has 5 heteroatoms. The van der Waals surface area contributed by atoms with E-state index in [9.17, 15) is 4.79 Å². The topological polar surface area (TPSA) is 55.6 Å². The second-order valence-electron chi connectivity index (χ2n) is 4.15. The Bertz CT molecular complexity index is 520. The van der Waals surface area contributed by atoms with Crippen molar-refractivity contribution in [3.63, 3.8) is 0 Å². The van der Waals surface area contributed by atoms with Gasteiger partial charge in [0.15, 0.2) is 0 Å². The van der Waals surface area contributed by atoms with E-state index in [0.717, 1.165) is 16.1 Å². The van der Waals surface area contributed by atoms with Crippen molar-refractivity contribution < 1.29 is 9.53 Å². The molecule has 1 amide bonds. The lowest BCUT2D eigenvalue weighted by Gasteiger charge is -2.16. The van der Waals surface area contributed by atoms with Crippen LogP contribution in [0.25, 0.3) is 0 Å². The quantitative estimate of drug-likeness (QED) is 0.535. The van der Waals surface area contributed by atoms with Gasteiger partial charge >= 0.3 is 6.09 Å². The first-order chi connectivity index (χ1) is 9.25. The lowest BCUT2D eigenvalue weighted by Crippen LogP contribution is -2.37. The molecule has 2 N–H and O–H groups in total. The van der Waals surface area contributed by atoms with Gasteiger partial charge in [0.2, 0.25) is 0 Å². The molecular weight excluding hydrogens is 276 g/mol. The van der Waals surface area contributed by atoms with Crippen molar-refractivity contribution in [3.8, 4) is 0 Å². The molecular formula is C15H17ClN2O2. The summed E-state index contributed by atoms with van der Waals surface area (Å²) in [5.41, 5.74) is 1.89. The maximum Gasteiger partial charge on any atom is 0.424 e. The van der Waals surface area contributed by atoms with Crippen LogP contribution in [-0.4, -0.2) is 11.1 Å². The summed E-state index contributed by atoms with van der Waals surface area (Å²) in [6.07, 6.45) is -0.535. The number of halogens is 1. The number of nitrogens with two attached hydrogens (primary N) is 1. The van der Waals surface area contributed by atoms with Crippen LogP contribution in [0.15, 0.2) is 60.7 Å². The molecule has 0 radical (unpaired) electrons. The maximum absolute atomic E-state index is 11.7. The first-order valence-corrected chi connectivity index (χ1v) is 6.02. The van der Waals surface area contributed by atoms with E-state index in [2.05, 4.69) is 0 Å². The largest absolute Gasteiger partial charge is 0.444 e. The highest BCUT2D eigenvalue weighted by Crippen LogP contribution is 2.05. The van der Waals surface area contributed by atoms with E-state index in [0.29, 0.717) is 6.54 Å². The number of ether oxygens (including phenoxy) is 1. The number of benzene rings is 2. The van der Waals surface area contributed by atoms with Crippen molar-refractivity contribution in [1.82, 2.24) is 5.01 Å². The molecule has 0 unspecified atom stereocenters. The number of carbonyl (C=O) groups is 1. The monoisotopic (exact) mass is 292 g/mol. The fraction of sp³-hybridized carbons (Fsp3) is 0.133. The lowest BCUT2D eigenvalue weighted by atomic mass is 10.2. The number of hydrazine groups is 1. The Morgan fingerprint density at radius 3 is 2.00 bits per heavy atom. The third-order valence-corrected chi connectivity index (χ3v) is 2.64. The van der Waals surface area contributed by atoms with Gasteiger partial charge in [0.1, 0.15) is 6.61 Å². The van der Waals surface area contributed by atoms with E-state index < -0.39 is 6.09 Å². The van der Waals surface area contributed by atoms with Crippen LogP contribution in [-0.2, 0) is 17.9 Å². The van der Waals surface area contributed by atoms with E-state index in [4.69, 9.17) is 10.6 Å². The molecule has 0 aliphatic rings. The fourth-order valence-electron chi connectivity index (χ4n) is 1.65. The standard InChI is InChI=1S/C15H16N2O2.ClH/c16-17(11-13-7-3-1-4-8-13)15(18)19-12-14-9-5-2-6-10-14;/h1-10H,11-12,16H2;1H. The highest BCUT2D eigenvalue weighted by atomic mass is 35.5. The maximum atomic E-state index is 11.7. The number of nitrogens with zero attached hydrogens (tertiary/aromatic N) is 1. The highest BCUT2D eigenvalue weighted by Gasteiger charge is 2.11. The minimum absolute atomic E-state index is 0. The first kappa shape index (κ1) is 16.0. The molecule has 0 saturated carbocycles. The predicted molar refractivity (Wildman–Crippen MR) is 80.0 cm³/mol. The van der Waals surface area contributed by atoms with E-state index >= 15 is 0 Å². The summed E-state index contributed by atoms with van der Waals surface area (Å²) in [5, 5.41) is 1.07. The molecule has 4 nitrogen and oxygen atoms in total. The first-order valence-electron chi connectivity index (χ1n) is 6.02. The normalized spacial score (nSPS) is 9.45. The third-order valence-electron chi connectivity index (χ3n) is 2.64.